The monoisotopic (exact) mass is 297 g/mol. The SMILES string of the molecule is N#CC1(S(=O)(=O)c2ccccc2)CCCc2ccccc21. The van der Waals surface area contributed by atoms with Gasteiger partial charge in [-0.2, -0.15) is 5.26 Å². The summed E-state index contributed by atoms with van der Waals surface area (Å²) in [4.78, 5) is 0.211. The van der Waals surface area contributed by atoms with Crippen molar-refractivity contribution in [1.29, 1.82) is 5.26 Å². The Morgan fingerprint density at radius 3 is 2.38 bits per heavy atom. The molecule has 1 aliphatic carbocycles. The van der Waals surface area contributed by atoms with E-state index in [-0.39, 0.29) is 4.90 Å². The first-order valence-electron chi connectivity index (χ1n) is 6.91. The smallest absolute Gasteiger partial charge is 0.201 e. The molecule has 0 aliphatic heterocycles. The van der Waals surface area contributed by atoms with E-state index in [0.29, 0.717) is 18.4 Å². The van der Waals surface area contributed by atoms with Gasteiger partial charge < -0.3 is 0 Å². The van der Waals surface area contributed by atoms with E-state index in [2.05, 4.69) is 6.07 Å². The molecule has 0 amide bonds. The molecule has 1 aliphatic rings. The van der Waals surface area contributed by atoms with Gasteiger partial charge >= 0.3 is 0 Å². The molecule has 0 heterocycles. The van der Waals surface area contributed by atoms with Crippen molar-refractivity contribution < 1.29 is 8.42 Å². The number of benzene rings is 2. The second kappa shape index (κ2) is 5.01. The van der Waals surface area contributed by atoms with Crippen LogP contribution in [0.25, 0.3) is 0 Å². The number of fused-ring (bicyclic) bond motifs is 1. The number of hydrogen-bond acceptors (Lipinski definition) is 3. The lowest BCUT2D eigenvalue weighted by Gasteiger charge is -2.32. The maximum Gasteiger partial charge on any atom is 0.201 e. The molecule has 0 fully saturated rings. The lowest BCUT2D eigenvalue weighted by Crippen LogP contribution is -2.38. The summed E-state index contributed by atoms with van der Waals surface area (Å²) in [5, 5.41) is 9.76. The van der Waals surface area contributed by atoms with Gasteiger partial charge in [0.1, 0.15) is 0 Å². The molecule has 0 bridgehead atoms. The van der Waals surface area contributed by atoms with Crippen molar-refractivity contribution in [2.45, 2.75) is 28.9 Å². The highest BCUT2D eigenvalue weighted by Crippen LogP contribution is 2.44. The van der Waals surface area contributed by atoms with Crippen LogP contribution in [0.1, 0.15) is 24.0 Å². The van der Waals surface area contributed by atoms with E-state index in [1.165, 1.54) is 0 Å². The lowest BCUT2D eigenvalue weighted by atomic mass is 9.83. The quantitative estimate of drug-likeness (QED) is 0.855. The van der Waals surface area contributed by atoms with Crippen LogP contribution in [0.3, 0.4) is 0 Å². The van der Waals surface area contributed by atoms with E-state index in [9.17, 15) is 13.7 Å². The van der Waals surface area contributed by atoms with Gasteiger partial charge in [-0.05, 0) is 42.5 Å². The summed E-state index contributed by atoms with van der Waals surface area (Å²) in [5.74, 6) is 0. The van der Waals surface area contributed by atoms with E-state index in [1.807, 2.05) is 12.1 Å². The van der Waals surface area contributed by atoms with Gasteiger partial charge in [0.05, 0.1) is 11.0 Å². The van der Waals surface area contributed by atoms with Gasteiger partial charge in [0.2, 0.25) is 9.84 Å². The zero-order chi connectivity index (χ0) is 14.9. The summed E-state index contributed by atoms with van der Waals surface area (Å²) in [7, 11) is -3.75. The molecule has 0 saturated carbocycles. The summed E-state index contributed by atoms with van der Waals surface area (Å²) in [6.07, 6.45) is 1.87. The van der Waals surface area contributed by atoms with Crippen LogP contribution in [0.15, 0.2) is 59.5 Å². The molecule has 0 aromatic heterocycles. The molecule has 1 atom stereocenters. The Morgan fingerprint density at radius 2 is 1.67 bits per heavy atom. The minimum atomic E-state index is -3.75. The van der Waals surface area contributed by atoms with Crippen LogP contribution >= 0.6 is 0 Å². The molecule has 2 aromatic carbocycles. The topological polar surface area (TPSA) is 57.9 Å². The molecule has 1 unspecified atom stereocenters. The maximum absolute atomic E-state index is 13.1. The first-order chi connectivity index (χ1) is 10.1. The molecule has 4 heteroatoms. The molecule has 0 N–H and O–H groups in total. The number of nitrogens with zero attached hydrogens (tertiary/aromatic N) is 1. The predicted octanol–water partition coefficient (Wildman–Crippen LogP) is 3.22. The standard InChI is InChI=1S/C17H15NO2S/c18-13-17(21(19,20)15-9-2-1-3-10-15)12-6-8-14-7-4-5-11-16(14)17/h1-5,7,9-11H,6,8,12H2. The van der Waals surface area contributed by atoms with Crippen molar-refractivity contribution in [2.75, 3.05) is 0 Å². The molecule has 0 radical (unpaired) electrons. The average molecular weight is 297 g/mol. The third kappa shape index (κ3) is 1.97. The van der Waals surface area contributed by atoms with Gasteiger partial charge in [-0.15, -0.1) is 0 Å². The van der Waals surface area contributed by atoms with Gasteiger partial charge in [-0.25, -0.2) is 8.42 Å². The summed E-state index contributed by atoms with van der Waals surface area (Å²) >= 11 is 0. The first kappa shape index (κ1) is 13.8. The van der Waals surface area contributed by atoms with Crippen LogP contribution in [-0.2, 0) is 21.0 Å². The largest absolute Gasteiger partial charge is 0.222 e. The third-order valence-electron chi connectivity index (χ3n) is 4.12. The van der Waals surface area contributed by atoms with Gasteiger partial charge in [0.15, 0.2) is 4.75 Å². The minimum absolute atomic E-state index is 0.211. The molecular formula is C17H15NO2S. The van der Waals surface area contributed by atoms with E-state index in [1.54, 1.807) is 42.5 Å². The van der Waals surface area contributed by atoms with Gasteiger partial charge in [-0.3, -0.25) is 0 Å². The second-order valence-electron chi connectivity index (χ2n) is 5.27. The summed E-state index contributed by atoms with van der Waals surface area (Å²) < 4.78 is 24.7. The van der Waals surface area contributed by atoms with E-state index >= 15 is 0 Å². The van der Waals surface area contributed by atoms with Crippen molar-refractivity contribution in [3.8, 4) is 6.07 Å². The predicted molar refractivity (Wildman–Crippen MR) is 80.3 cm³/mol. The van der Waals surface area contributed by atoms with Gasteiger partial charge in [0, 0.05) is 0 Å². The number of sulfone groups is 1. The maximum atomic E-state index is 13.1. The number of nitriles is 1. The van der Waals surface area contributed by atoms with Gasteiger partial charge in [0.25, 0.3) is 0 Å². The zero-order valence-electron chi connectivity index (χ0n) is 11.5. The fourth-order valence-corrected chi connectivity index (χ4v) is 4.99. The fraction of sp³-hybridized carbons (Fsp3) is 0.235. The van der Waals surface area contributed by atoms with Crippen LogP contribution in [0.5, 0.6) is 0 Å². The Labute approximate surface area is 124 Å². The Bertz CT molecular complexity index is 806. The second-order valence-corrected chi connectivity index (χ2v) is 7.44. The van der Waals surface area contributed by atoms with Crippen molar-refractivity contribution in [2.24, 2.45) is 0 Å². The Morgan fingerprint density at radius 1 is 1.00 bits per heavy atom. The van der Waals surface area contributed by atoms with Crippen LogP contribution in [0.4, 0.5) is 0 Å². The summed E-state index contributed by atoms with van der Waals surface area (Å²) in [5.41, 5.74) is 1.60. The molecule has 106 valence electrons. The molecule has 21 heavy (non-hydrogen) atoms. The highest BCUT2D eigenvalue weighted by molar-refractivity contribution is 7.92. The highest BCUT2D eigenvalue weighted by Gasteiger charge is 2.49. The van der Waals surface area contributed by atoms with E-state index in [0.717, 1.165) is 12.0 Å². The number of hydrogen-bond donors (Lipinski definition) is 0. The van der Waals surface area contributed by atoms with Crippen molar-refractivity contribution in [1.82, 2.24) is 0 Å². The Hall–Kier alpha value is -2.12. The zero-order valence-corrected chi connectivity index (χ0v) is 12.3. The normalized spacial score (nSPS) is 21.3. The van der Waals surface area contributed by atoms with Crippen molar-refractivity contribution in [3.63, 3.8) is 0 Å². The average Bonchev–Trinajstić information content (AvgIpc) is 2.55. The van der Waals surface area contributed by atoms with E-state index < -0.39 is 14.6 Å². The van der Waals surface area contributed by atoms with Crippen LogP contribution < -0.4 is 0 Å². The number of aryl methyl sites for hydroxylation is 1. The molecule has 0 spiro atoms. The molecular weight excluding hydrogens is 282 g/mol. The molecule has 3 rings (SSSR count). The van der Waals surface area contributed by atoms with Crippen LogP contribution in [0, 0.1) is 11.3 Å². The number of rotatable bonds is 2. The lowest BCUT2D eigenvalue weighted by molar-refractivity contribution is 0.519. The summed E-state index contributed by atoms with van der Waals surface area (Å²) in [6.45, 7) is 0. The van der Waals surface area contributed by atoms with Crippen LogP contribution in [0.2, 0.25) is 0 Å². The van der Waals surface area contributed by atoms with Crippen molar-refractivity contribution in [3.05, 3.63) is 65.7 Å². The van der Waals surface area contributed by atoms with Gasteiger partial charge in [-0.1, -0.05) is 42.5 Å². The first-order valence-corrected chi connectivity index (χ1v) is 8.39. The Balaban J connectivity index is 2.27. The fourth-order valence-electron chi connectivity index (χ4n) is 3.05. The molecule has 2 aromatic rings. The van der Waals surface area contributed by atoms with Crippen LogP contribution in [-0.4, -0.2) is 8.42 Å². The van der Waals surface area contributed by atoms with E-state index in [4.69, 9.17) is 0 Å². The highest BCUT2D eigenvalue weighted by atomic mass is 32.2. The third-order valence-corrected chi connectivity index (χ3v) is 6.45. The Kier molecular flexibility index (Phi) is 3.30. The minimum Gasteiger partial charge on any atom is -0.222 e. The molecule has 0 saturated heterocycles. The molecule has 3 nitrogen and oxygen atoms in total. The van der Waals surface area contributed by atoms with Crippen molar-refractivity contribution >= 4 is 9.84 Å². The summed E-state index contributed by atoms with van der Waals surface area (Å²) in [6, 6.07) is 17.8.